The molecule has 0 atom stereocenters. The molecule has 2 aromatic rings. The van der Waals surface area contributed by atoms with Crippen molar-refractivity contribution in [3.05, 3.63) is 47.3 Å². The third-order valence-electron chi connectivity index (χ3n) is 2.32. The second-order valence-electron chi connectivity index (χ2n) is 3.51. The third-order valence-corrected chi connectivity index (χ3v) is 2.32. The van der Waals surface area contributed by atoms with Crippen LogP contribution in [0.3, 0.4) is 0 Å². The van der Waals surface area contributed by atoms with E-state index in [1.807, 2.05) is 49.0 Å². The van der Waals surface area contributed by atoms with Gasteiger partial charge in [0.15, 0.2) is 0 Å². The standard InChI is InChI=1S/C12H11N3/c1-9-7-12(4-3-11(9)8-13)15-6-5-10(2)14-15/h3-7H,1-2H3. The van der Waals surface area contributed by atoms with Gasteiger partial charge in [0, 0.05) is 6.20 Å². The van der Waals surface area contributed by atoms with Crippen LogP contribution in [0.25, 0.3) is 5.69 Å². The lowest BCUT2D eigenvalue weighted by Crippen LogP contribution is -1.96. The summed E-state index contributed by atoms with van der Waals surface area (Å²) in [7, 11) is 0. The van der Waals surface area contributed by atoms with Crippen LogP contribution in [-0.2, 0) is 0 Å². The highest BCUT2D eigenvalue weighted by Gasteiger charge is 2.01. The molecule has 1 aromatic carbocycles. The molecule has 0 aliphatic carbocycles. The van der Waals surface area contributed by atoms with Gasteiger partial charge in [-0.05, 0) is 43.7 Å². The molecule has 74 valence electrons. The topological polar surface area (TPSA) is 41.6 Å². The molecule has 3 nitrogen and oxygen atoms in total. The van der Waals surface area contributed by atoms with Gasteiger partial charge in [0.1, 0.15) is 0 Å². The first-order valence-electron chi connectivity index (χ1n) is 4.74. The zero-order valence-corrected chi connectivity index (χ0v) is 8.73. The first kappa shape index (κ1) is 9.47. The Morgan fingerprint density at radius 2 is 2.07 bits per heavy atom. The molecular formula is C12H11N3. The highest BCUT2D eigenvalue weighted by atomic mass is 15.3. The van der Waals surface area contributed by atoms with E-state index in [4.69, 9.17) is 5.26 Å². The smallest absolute Gasteiger partial charge is 0.0994 e. The molecule has 1 heterocycles. The first-order chi connectivity index (χ1) is 7.20. The van der Waals surface area contributed by atoms with Crippen molar-refractivity contribution >= 4 is 0 Å². The molecular weight excluding hydrogens is 186 g/mol. The summed E-state index contributed by atoms with van der Waals surface area (Å²) in [4.78, 5) is 0. The van der Waals surface area contributed by atoms with Crippen molar-refractivity contribution in [2.45, 2.75) is 13.8 Å². The Morgan fingerprint density at radius 3 is 2.60 bits per heavy atom. The van der Waals surface area contributed by atoms with E-state index in [1.165, 1.54) is 0 Å². The number of rotatable bonds is 1. The zero-order valence-electron chi connectivity index (χ0n) is 8.73. The Hall–Kier alpha value is -2.08. The van der Waals surface area contributed by atoms with Crippen LogP contribution in [-0.4, -0.2) is 9.78 Å². The van der Waals surface area contributed by atoms with E-state index in [0.29, 0.717) is 5.56 Å². The second-order valence-corrected chi connectivity index (χ2v) is 3.51. The van der Waals surface area contributed by atoms with Crippen LogP contribution in [0.1, 0.15) is 16.8 Å². The second kappa shape index (κ2) is 3.58. The van der Waals surface area contributed by atoms with Crippen molar-refractivity contribution in [2.24, 2.45) is 0 Å². The highest BCUT2D eigenvalue weighted by Crippen LogP contribution is 2.13. The maximum atomic E-state index is 8.81. The van der Waals surface area contributed by atoms with Crippen molar-refractivity contribution in [2.75, 3.05) is 0 Å². The van der Waals surface area contributed by atoms with Gasteiger partial charge in [0.05, 0.1) is 23.0 Å². The number of benzene rings is 1. The monoisotopic (exact) mass is 197 g/mol. The van der Waals surface area contributed by atoms with Gasteiger partial charge in [0.2, 0.25) is 0 Å². The van der Waals surface area contributed by atoms with E-state index >= 15 is 0 Å². The number of aryl methyl sites for hydroxylation is 2. The minimum atomic E-state index is 0.711. The molecule has 0 saturated carbocycles. The van der Waals surface area contributed by atoms with Crippen molar-refractivity contribution in [1.82, 2.24) is 9.78 Å². The summed E-state index contributed by atoms with van der Waals surface area (Å²) in [6.07, 6.45) is 1.91. The summed E-state index contributed by atoms with van der Waals surface area (Å²) < 4.78 is 1.81. The zero-order chi connectivity index (χ0) is 10.8. The Labute approximate surface area is 88.6 Å². The SMILES string of the molecule is Cc1ccn(-c2ccc(C#N)c(C)c2)n1. The quantitative estimate of drug-likeness (QED) is 0.704. The lowest BCUT2D eigenvalue weighted by atomic mass is 10.1. The van der Waals surface area contributed by atoms with E-state index in [0.717, 1.165) is 16.9 Å². The van der Waals surface area contributed by atoms with Gasteiger partial charge in [-0.25, -0.2) is 4.68 Å². The maximum absolute atomic E-state index is 8.81. The van der Waals surface area contributed by atoms with Gasteiger partial charge >= 0.3 is 0 Å². The van der Waals surface area contributed by atoms with Crippen LogP contribution < -0.4 is 0 Å². The largest absolute Gasteiger partial charge is 0.241 e. The molecule has 2 rings (SSSR count). The summed E-state index contributed by atoms with van der Waals surface area (Å²) in [5, 5.41) is 13.1. The molecule has 0 saturated heterocycles. The summed E-state index contributed by atoms with van der Waals surface area (Å²) in [5.74, 6) is 0. The minimum absolute atomic E-state index is 0.711. The van der Waals surface area contributed by atoms with Crippen molar-refractivity contribution in [3.63, 3.8) is 0 Å². The first-order valence-corrected chi connectivity index (χ1v) is 4.74. The molecule has 3 heteroatoms. The number of nitrogens with zero attached hydrogens (tertiary/aromatic N) is 3. The molecule has 0 amide bonds. The molecule has 0 spiro atoms. The summed E-state index contributed by atoms with van der Waals surface area (Å²) in [6, 6.07) is 9.79. The van der Waals surface area contributed by atoms with Crippen LogP contribution in [0.4, 0.5) is 0 Å². The molecule has 1 aromatic heterocycles. The van der Waals surface area contributed by atoms with Crippen molar-refractivity contribution in [1.29, 1.82) is 5.26 Å². The Bertz CT molecular complexity index is 532. The van der Waals surface area contributed by atoms with E-state index in [-0.39, 0.29) is 0 Å². The number of nitriles is 1. The maximum Gasteiger partial charge on any atom is 0.0994 e. The van der Waals surface area contributed by atoms with Gasteiger partial charge in [-0.3, -0.25) is 0 Å². The third kappa shape index (κ3) is 1.75. The van der Waals surface area contributed by atoms with Crippen molar-refractivity contribution in [3.8, 4) is 11.8 Å². The van der Waals surface area contributed by atoms with E-state index in [9.17, 15) is 0 Å². The lowest BCUT2D eigenvalue weighted by molar-refractivity contribution is 0.861. The minimum Gasteiger partial charge on any atom is -0.241 e. The number of hydrogen-bond donors (Lipinski definition) is 0. The van der Waals surface area contributed by atoms with Crippen LogP contribution in [0.15, 0.2) is 30.5 Å². The Kier molecular flexibility index (Phi) is 2.26. The molecule has 0 fully saturated rings. The molecule has 0 aliphatic heterocycles. The van der Waals surface area contributed by atoms with E-state index in [2.05, 4.69) is 11.2 Å². The molecule has 15 heavy (non-hydrogen) atoms. The molecule has 0 aliphatic rings. The van der Waals surface area contributed by atoms with Crippen LogP contribution in [0, 0.1) is 25.2 Å². The Morgan fingerprint density at radius 1 is 1.27 bits per heavy atom. The Balaban J connectivity index is 2.48. The van der Waals surface area contributed by atoms with Crippen molar-refractivity contribution < 1.29 is 0 Å². The van der Waals surface area contributed by atoms with Gasteiger partial charge < -0.3 is 0 Å². The predicted molar refractivity (Wildman–Crippen MR) is 57.8 cm³/mol. The molecule has 0 bridgehead atoms. The predicted octanol–water partition coefficient (Wildman–Crippen LogP) is 2.36. The number of hydrogen-bond acceptors (Lipinski definition) is 2. The van der Waals surface area contributed by atoms with Gasteiger partial charge in [0.25, 0.3) is 0 Å². The van der Waals surface area contributed by atoms with E-state index in [1.54, 1.807) is 0 Å². The molecule has 0 unspecified atom stereocenters. The normalized spacial score (nSPS) is 9.93. The van der Waals surface area contributed by atoms with Crippen LogP contribution in [0.5, 0.6) is 0 Å². The average molecular weight is 197 g/mol. The fourth-order valence-corrected chi connectivity index (χ4v) is 1.47. The van der Waals surface area contributed by atoms with E-state index < -0.39 is 0 Å². The molecule has 0 N–H and O–H groups in total. The number of aromatic nitrogens is 2. The summed E-state index contributed by atoms with van der Waals surface area (Å²) in [6.45, 7) is 3.88. The van der Waals surface area contributed by atoms with Gasteiger partial charge in [-0.2, -0.15) is 10.4 Å². The summed E-state index contributed by atoms with van der Waals surface area (Å²) in [5.41, 5.74) is 3.65. The highest BCUT2D eigenvalue weighted by molar-refractivity contribution is 5.44. The van der Waals surface area contributed by atoms with Crippen LogP contribution in [0.2, 0.25) is 0 Å². The van der Waals surface area contributed by atoms with Gasteiger partial charge in [-0.1, -0.05) is 0 Å². The lowest BCUT2D eigenvalue weighted by Gasteiger charge is -2.03. The molecule has 0 radical (unpaired) electrons. The summed E-state index contributed by atoms with van der Waals surface area (Å²) >= 11 is 0. The fraction of sp³-hybridized carbons (Fsp3) is 0.167. The average Bonchev–Trinajstić information content (AvgIpc) is 2.65. The fourth-order valence-electron chi connectivity index (χ4n) is 1.47. The van der Waals surface area contributed by atoms with Crippen LogP contribution >= 0.6 is 0 Å². The van der Waals surface area contributed by atoms with Gasteiger partial charge in [-0.15, -0.1) is 0 Å².